The van der Waals surface area contributed by atoms with E-state index in [-0.39, 0.29) is 76.7 Å². The topological polar surface area (TPSA) is 0 Å². The van der Waals surface area contributed by atoms with Gasteiger partial charge >= 0.3 is 0 Å². The van der Waals surface area contributed by atoms with Gasteiger partial charge in [-0.1, -0.05) is 0 Å². The SMILES string of the molecule is [Co].[Ni].[Sn].[Zn]. The summed E-state index contributed by atoms with van der Waals surface area (Å²) in [6.45, 7) is 0. The normalized spacial score (nSPS) is 0. The molecule has 0 unspecified atom stereocenters. The first-order chi connectivity index (χ1) is 0. The van der Waals surface area contributed by atoms with Crippen LogP contribution in [0, 0.1) is 0 Å². The molecule has 0 spiro atoms. The van der Waals surface area contributed by atoms with Gasteiger partial charge in [0.25, 0.3) is 0 Å². The summed E-state index contributed by atoms with van der Waals surface area (Å²) in [4.78, 5) is 0. The number of hydrogen-bond acceptors (Lipinski definition) is 0. The second-order valence-corrected chi connectivity index (χ2v) is 0. The maximum Gasteiger partial charge on any atom is 0 e. The predicted octanol–water partition coefficient (Wildman–Crippen LogP) is -0.388. The Morgan fingerprint density at radius 1 is 1.00 bits per heavy atom. The van der Waals surface area contributed by atoms with Crippen molar-refractivity contribution in [3.8, 4) is 0 Å². The molecule has 0 aliphatic heterocycles. The Morgan fingerprint density at radius 3 is 1.00 bits per heavy atom. The number of hydrogen-bond donors (Lipinski definition) is 0. The summed E-state index contributed by atoms with van der Waals surface area (Å²) in [7, 11) is 0. The van der Waals surface area contributed by atoms with Crippen LogP contribution in [0.15, 0.2) is 0 Å². The third-order valence-corrected chi connectivity index (χ3v) is 0. The van der Waals surface area contributed by atoms with Gasteiger partial charge in [-0.05, 0) is 0 Å². The van der Waals surface area contributed by atoms with Crippen molar-refractivity contribution in [2.45, 2.75) is 0 Å². The van der Waals surface area contributed by atoms with Crippen LogP contribution in [0.3, 0.4) is 0 Å². The molecule has 0 aromatic heterocycles. The third-order valence-electron chi connectivity index (χ3n) is 0. The Morgan fingerprint density at radius 2 is 1.00 bits per heavy atom. The van der Waals surface area contributed by atoms with Crippen LogP contribution in [-0.4, -0.2) is 23.9 Å². The maximum absolute atomic E-state index is 0. The molecular weight excluding hydrogens is 302 g/mol. The van der Waals surface area contributed by atoms with Crippen LogP contribution in [0.5, 0.6) is 0 Å². The maximum atomic E-state index is 0. The van der Waals surface area contributed by atoms with Gasteiger partial charge in [-0.3, -0.25) is 0 Å². The predicted molar refractivity (Wildman–Crippen MR) is 5.75 cm³/mol. The van der Waals surface area contributed by atoms with Gasteiger partial charge in [0, 0.05) is 76.7 Å². The van der Waals surface area contributed by atoms with Crippen molar-refractivity contribution in [2.75, 3.05) is 0 Å². The molecule has 0 nitrogen and oxygen atoms in total. The van der Waals surface area contributed by atoms with Crippen molar-refractivity contribution in [1.29, 1.82) is 0 Å². The van der Waals surface area contributed by atoms with E-state index in [4.69, 9.17) is 0 Å². The molecular formula is CoNiSnZn. The van der Waals surface area contributed by atoms with Crippen LogP contribution in [0.25, 0.3) is 0 Å². The summed E-state index contributed by atoms with van der Waals surface area (Å²) in [5.41, 5.74) is 0. The first kappa shape index (κ1) is 32.2. The van der Waals surface area contributed by atoms with E-state index in [1.54, 1.807) is 0 Å². The first-order valence-electron chi connectivity index (χ1n) is 0. The molecule has 0 aliphatic rings. The molecule has 5 radical (unpaired) electrons. The fourth-order valence-corrected chi connectivity index (χ4v) is 0. The molecule has 4 heteroatoms. The summed E-state index contributed by atoms with van der Waals surface area (Å²) in [5.74, 6) is 0. The van der Waals surface area contributed by atoms with Crippen LogP contribution in [0.4, 0.5) is 0 Å². The van der Waals surface area contributed by atoms with Crippen LogP contribution in [0.1, 0.15) is 0 Å². The molecule has 0 saturated carbocycles. The second kappa shape index (κ2) is 18.1. The zero-order valence-electron chi connectivity index (χ0n) is 1.86. The third kappa shape index (κ3) is 8.83. The molecule has 0 bridgehead atoms. The molecule has 0 aromatic rings. The van der Waals surface area contributed by atoms with Crippen molar-refractivity contribution in [3.63, 3.8) is 0 Å². The molecule has 0 saturated heterocycles. The van der Waals surface area contributed by atoms with Crippen LogP contribution in [-0.2, 0) is 52.7 Å². The summed E-state index contributed by atoms with van der Waals surface area (Å²) >= 11 is 0. The van der Waals surface area contributed by atoms with Crippen LogP contribution in [0.2, 0.25) is 0 Å². The first-order valence-corrected chi connectivity index (χ1v) is 0. The van der Waals surface area contributed by atoms with Gasteiger partial charge in [0.15, 0.2) is 0 Å². The fraction of sp³-hybridized carbons (Fsp3) is 0. The Balaban J connectivity index is 0. The van der Waals surface area contributed by atoms with E-state index in [2.05, 4.69) is 0 Å². The van der Waals surface area contributed by atoms with Gasteiger partial charge in [0.2, 0.25) is 0 Å². The molecule has 0 heterocycles. The van der Waals surface area contributed by atoms with Gasteiger partial charge in [-0.15, -0.1) is 0 Å². The zero-order chi connectivity index (χ0) is 0. The van der Waals surface area contributed by atoms with Crippen molar-refractivity contribution >= 4 is 23.9 Å². The van der Waals surface area contributed by atoms with E-state index >= 15 is 0 Å². The van der Waals surface area contributed by atoms with Crippen LogP contribution < -0.4 is 0 Å². The summed E-state index contributed by atoms with van der Waals surface area (Å²) in [6.07, 6.45) is 0. The second-order valence-electron chi connectivity index (χ2n) is 0. The van der Waals surface area contributed by atoms with Crippen LogP contribution >= 0.6 is 0 Å². The molecule has 0 amide bonds. The molecule has 0 N–H and O–H groups in total. The average Bonchev–Trinajstić information content (AvgIpc) is 0. The minimum Gasteiger partial charge on any atom is 0 e. The van der Waals surface area contributed by atoms with Gasteiger partial charge in [-0.25, -0.2) is 0 Å². The molecule has 0 aromatic carbocycles. The van der Waals surface area contributed by atoms with E-state index in [0.717, 1.165) is 0 Å². The fourth-order valence-electron chi connectivity index (χ4n) is 0. The van der Waals surface area contributed by atoms with E-state index in [1.807, 2.05) is 0 Å². The standard InChI is InChI=1S/Co.Ni.Sn.Zn. The molecule has 0 atom stereocenters. The van der Waals surface area contributed by atoms with Gasteiger partial charge in [0.05, 0.1) is 0 Å². The zero-order valence-corrected chi connectivity index (χ0v) is 9.71. The van der Waals surface area contributed by atoms with Gasteiger partial charge in [-0.2, -0.15) is 0 Å². The average molecular weight is 302 g/mol. The van der Waals surface area contributed by atoms with Crippen molar-refractivity contribution in [3.05, 3.63) is 0 Å². The van der Waals surface area contributed by atoms with Crippen molar-refractivity contribution in [2.24, 2.45) is 0 Å². The Hall–Kier alpha value is 2.42. The Kier molecular flexibility index (Phi) is 145. The molecule has 4 heavy (non-hydrogen) atoms. The summed E-state index contributed by atoms with van der Waals surface area (Å²) < 4.78 is 0. The van der Waals surface area contributed by atoms with E-state index in [0.29, 0.717) is 0 Å². The van der Waals surface area contributed by atoms with E-state index in [1.165, 1.54) is 0 Å². The van der Waals surface area contributed by atoms with E-state index < -0.39 is 0 Å². The van der Waals surface area contributed by atoms with Crippen molar-refractivity contribution in [1.82, 2.24) is 0 Å². The molecule has 0 aliphatic carbocycles. The Bertz CT molecular complexity index is 8.00. The Labute approximate surface area is 75.7 Å². The monoisotopic (exact) mass is 301 g/mol. The molecule has 25 valence electrons. The smallest absolute Gasteiger partial charge is 0 e. The van der Waals surface area contributed by atoms with Crippen molar-refractivity contribution < 1.29 is 52.7 Å². The quantitative estimate of drug-likeness (QED) is 0.535. The minimum absolute atomic E-state index is 0. The molecule has 0 fully saturated rings. The van der Waals surface area contributed by atoms with Gasteiger partial charge in [0.1, 0.15) is 0 Å². The minimum atomic E-state index is 0. The van der Waals surface area contributed by atoms with E-state index in [9.17, 15) is 0 Å². The summed E-state index contributed by atoms with van der Waals surface area (Å²) in [5, 5.41) is 0. The number of rotatable bonds is 0. The summed E-state index contributed by atoms with van der Waals surface area (Å²) in [6, 6.07) is 0. The van der Waals surface area contributed by atoms with Gasteiger partial charge < -0.3 is 0 Å². The molecule has 0 rings (SSSR count). The largest absolute Gasteiger partial charge is 0 e.